The molecule has 0 radical (unpaired) electrons. The number of ether oxygens (including phenoxy) is 2. The first kappa shape index (κ1) is 44.0. The van der Waals surface area contributed by atoms with E-state index >= 15 is 0 Å². The predicted molar refractivity (Wildman–Crippen MR) is 202 cm³/mol. The molecule has 1 rings (SSSR count). The van der Waals surface area contributed by atoms with Gasteiger partial charge in [0.05, 0.1) is 18.5 Å². The average molecular weight is 664 g/mol. The van der Waals surface area contributed by atoms with E-state index in [-0.39, 0.29) is 24.8 Å². The number of unbranched alkanes of at least 4 members (excludes halogenated alkanes) is 15. The first-order chi connectivity index (χ1) is 23.1. The van der Waals surface area contributed by atoms with Crippen molar-refractivity contribution >= 4 is 5.97 Å². The Morgan fingerprint density at radius 3 is 1.70 bits per heavy atom. The fourth-order valence-electron chi connectivity index (χ4n) is 7.10. The van der Waals surface area contributed by atoms with E-state index in [1.54, 1.807) is 0 Å². The molecule has 1 atom stereocenters. The maximum atomic E-state index is 13.4. The summed E-state index contributed by atoms with van der Waals surface area (Å²) in [4.78, 5) is 15.8. The van der Waals surface area contributed by atoms with Crippen LogP contribution in [0.1, 0.15) is 214 Å². The molecule has 0 saturated carbocycles. The van der Waals surface area contributed by atoms with Gasteiger partial charge >= 0.3 is 5.97 Å². The van der Waals surface area contributed by atoms with Gasteiger partial charge in [-0.25, -0.2) is 0 Å². The van der Waals surface area contributed by atoms with Gasteiger partial charge in [-0.15, -0.1) is 0 Å². The Bertz CT molecular complexity index is 722. The van der Waals surface area contributed by atoms with E-state index in [1.807, 2.05) is 0 Å². The number of hydrogen-bond acceptors (Lipinski definition) is 5. The van der Waals surface area contributed by atoms with Gasteiger partial charge in [-0.1, -0.05) is 124 Å². The Hall–Kier alpha value is -1.07. The lowest BCUT2D eigenvalue weighted by Gasteiger charge is -2.27. The van der Waals surface area contributed by atoms with Crippen molar-refractivity contribution in [1.82, 2.24) is 4.90 Å². The van der Waals surface area contributed by atoms with E-state index in [4.69, 9.17) is 9.47 Å². The topological polar surface area (TPSA) is 59.0 Å². The highest BCUT2D eigenvalue weighted by molar-refractivity contribution is 5.69. The molecule has 0 amide bonds. The van der Waals surface area contributed by atoms with Crippen molar-refractivity contribution in [3.05, 3.63) is 11.3 Å². The van der Waals surface area contributed by atoms with Crippen LogP contribution in [0.5, 0.6) is 0 Å². The van der Waals surface area contributed by atoms with Gasteiger partial charge in [-0.2, -0.15) is 0 Å². The fraction of sp³-hybridized carbons (Fsp3) is 0.929. The van der Waals surface area contributed by atoms with Gasteiger partial charge in [0.2, 0.25) is 0 Å². The number of aliphatic hydroxyl groups is 1. The number of hydrogen-bond donors (Lipinski definition) is 1. The van der Waals surface area contributed by atoms with Crippen LogP contribution in [0, 0.1) is 0 Å². The summed E-state index contributed by atoms with van der Waals surface area (Å²) in [6, 6.07) is 0. The molecule has 0 fully saturated rings. The summed E-state index contributed by atoms with van der Waals surface area (Å²) in [5.74, 6) is 1.15. The van der Waals surface area contributed by atoms with Crippen molar-refractivity contribution < 1.29 is 19.4 Å². The number of carbonyl (C=O) groups is 1. The van der Waals surface area contributed by atoms with Crippen molar-refractivity contribution in [2.45, 2.75) is 226 Å². The number of esters is 1. The molecule has 1 unspecified atom stereocenters. The number of aliphatic hydroxyl groups excluding tert-OH is 1. The highest BCUT2D eigenvalue weighted by Crippen LogP contribution is 2.28. The zero-order valence-electron chi connectivity index (χ0n) is 32.1. The number of nitrogens with zero attached hydrogens (tertiary/aromatic N) is 1. The molecule has 5 heteroatoms. The molecule has 0 bridgehead atoms. The van der Waals surface area contributed by atoms with Gasteiger partial charge in [-0.05, 0) is 95.7 Å². The summed E-state index contributed by atoms with van der Waals surface area (Å²) in [5, 5.41) is 9.55. The van der Waals surface area contributed by atoms with E-state index in [9.17, 15) is 9.90 Å². The number of carbonyl (C=O) groups excluding carboxylic acids is 1. The van der Waals surface area contributed by atoms with Crippen LogP contribution in [0.2, 0.25) is 0 Å². The van der Waals surface area contributed by atoms with E-state index in [1.165, 1.54) is 121 Å². The highest BCUT2D eigenvalue weighted by Gasteiger charge is 2.20. The first-order valence-corrected chi connectivity index (χ1v) is 21.0. The van der Waals surface area contributed by atoms with Crippen LogP contribution in [0.15, 0.2) is 11.3 Å². The SMILES string of the molecule is CCCCCCCCC(CCCCCCCC)OC(=O)CC/C1=C(\OC(CC)CCCCCCCC)CCCN(CCO)CCCC1. The van der Waals surface area contributed by atoms with Gasteiger partial charge in [0.1, 0.15) is 6.10 Å². The predicted octanol–water partition coefficient (Wildman–Crippen LogP) is 12.2. The van der Waals surface area contributed by atoms with E-state index in [0.717, 1.165) is 89.6 Å². The van der Waals surface area contributed by atoms with Gasteiger partial charge in [0.25, 0.3) is 0 Å². The molecule has 0 aromatic rings. The Morgan fingerprint density at radius 2 is 1.17 bits per heavy atom. The largest absolute Gasteiger partial charge is 0.495 e. The van der Waals surface area contributed by atoms with Gasteiger partial charge in [-0.3, -0.25) is 4.79 Å². The molecule has 0 spiro atoms. The highest BCUT2D eigenvalue weighted by atomic mass is 16.5. The number of allylic oxidation sites excluding steroid dienone is 2. The Kier molecular flexibility index (Phi) is 30.1. The van der Waals surface area contributed by atoms with E-state index in [0.29, 0.717) is 6.42 Å². The molecule has 1 heterocycles. The van der Waals surface area contributed by atoms with Crippen LogP contribution in [0.25, 0.3) is 0 Å². The van der Waals surface area contributed by atoms with Gasteiger partial charge in [0, 0.05) is 19.4 Å². The molecular formula is C42H81NO4. The lowest BCUT2D eigenvalue weighted by molar-refractivity contribution is -0.149. The van der Waals surface area contributed by atoms with Gasteiger partial charge < -0.3 is 19.5 Å². The number of β-amino-alcohol motifs (C(OH)–C–C–N with tert-alkyl or cyclic N) is 1. The summed E-state index contributed by atoms with van der Waals surface area (Å²) in [6.45, 7) is 12.1. The van der Waals surface area contributed by atoms with Crippen LogP contribution >= 0.6 is 0 Å². The summed E-state index contributed by atoms with van der Waals surface area (Å²) in [6.07, 6.45) is 34.1. The average Bonchev–Trinajstić information content (AvgIpc) is 3.07. The molecular weight excluding hydrogens is 582 g/mol. The monoisotopic (exact) mass is 664 g/mol. The lowest BCUT2D eigenvalue weighted by atomic mass is 9.98. The zero-order valence-corrected chi connectivity index (χ0v) is 32.1. The summed E-state index contributed by atoms with van der Waals surface area (Å²) >= 11 is 0. The van der Waals surface area contributed by atoms with Crippen LogP contribution in [0.4, 0.5) is 0 Å². The third-order valence-electron chi connectivity index (χ3n) is 10.2. The quantitative estimate of drug-likeness (QED) is 0.0612. The van der Waals surface area contributed by atoms with Gasteiger partial charge in [0.15, 0.2) is 0 Å². The van der Waals surface area contributed by atoms with Crippen molar-refractivity contribution in [2.24, 2.45) is 0 Å². The second-order valence-electron chi connectivity index (χ2n) is 14.6. The standard InChI is InChI=1S/C42H81NO4/c1-5-9-12-15-18-21-28-39(8-4)46-41-31-26-35-43(36-37-44)34-25-24-27-38(41)32-33-42(45)47-40(29-22-19-16-13-10-6-2)30-23-20-17-14-11-7-3/h39-40,44H,5-37H2,1-4H3/b41-38-. The first-order valence-electron chi connectivity index (χ1n) is 21.0. The molecule has 1 aliphatic heterocycles. The normalized spacial score (nSPS) is 17.2. The third-order valence-corrected chi connectivity index (χ3v) is 10.2. The molecule has 0 aromatic heterocycles. The third kappa shape index (κ3) is 24.7. The molecule has 5 nitrogen and oxygen atoms in total. The molecule has 0 saturated heterocycles. The van der Waals surface area contributed by atoms with Crippen LogP contribution in [-0.2, 0) is 14.3 Å². The second kappa shape index (κ2) is 32.2. The van der Waals surface area contributed by atoms with Crippen LogP contribution < -0.4 is 0 Å². The maximum Gasteiger partial charge on any atom is 0.306 e. The summed E-state index contributed by atoms with van der Waals surface area (Å²) in [7, 11) is 0. The molecule has 278 valence electrons. The Balaban J connectivity index is 2.85. The van der Waals surface area contributed by atoms with Crippen molar-refractivity contribution in [3.63, 3.8) is 0 Å². The molecule has 1 aliphatic rings. The van der Waals surface area contributed by atoms with E-state index in [2.05, 4.69) is 32.6 Å². The van der Waals surface area contributed by atoms with Crippen molar-refractivity contribution in [3.8, 4) is 0 Å². The zero-order chi connectivity index (χ0) is 34.2. The smallest absolute Gasteiger partial charge is 0.306 e. The summed E-state index contributed by atoms with van der Waals surface area (Å²) < 4.78 is 13.1. The van der Waals surface area contributed by atoms with Crippen LogP contribution in [0.3, 0.4) is 0 Å². The fourth-order valence-corrected chi connectivity index (χ4v) is 7.10. The van der Waals surface area contributed by atoms with E-state index < -0.39 is 0 Å². The lowest BCUT2D eigenvalue weighted by Crippen LogP contribution is -2.29. The maximum absolute atomic E-state index is 13.4. The van der Waals surface area contributed by atoms with Crippen LogP contribution in [-0.4, -0.2) is 54.4 Å². The minimum Gasteiger partial charge on any atom is -0.495 e. The van der Waals surface area contributed by atoms with Crippen molar-refractivity contribution in [2.75, 3.05) is 26.2 Å². The Labute approximate surface area is 293 Å². The molecule has 0 aromatic carbocycles. The Morgan fingerprint density at radius 1 is 0.660 bits per heavy atom. The minimum atomic E-state index is -0.0100. The second-order valence-corrected chi connectivity index (χ2v) is 14.6. The summed E-state index contributed by atoms with van der Waals surface area (Å²) in [5.41, 5.74) is 1.36. The molecule has 47 heavy (non-hydrogen) atoms. The molecule has 1 N–H and O–H groups in total. The minimum absolute atomic E-state index is 0.0100. The molecule has 0 aliphatic carbocycles. The number of rotatable bonds is 30. The van der Waals surface area contributed by atoms with Crippen molar-refractivity contribution in [1.29, 1.82) is 0 Å².